The Morgan fingerprint density at radius 1 is 1.10 bits per heavy atom. The SMILES string of the molecule is O=C(Nc1ccc(C(F)(F)F)cc1)c1cc(Br)ccc1Cl. The lowest BCUT2D eigenvalue weighted by Gasteiger charge is -2.09. The third-order valence-corrected chi connectivity index (χ3v) is 3.47. The van der Waals surface area contributed by atoms with Gasteiger partial charge in [-0.3, -0.25) is 4.79 Å². The molecule has 0 aliphatic rings. The van der Waals surface area contributed by atoms with Crippen LogP contribution in [0.1, 0.15) is 15.9 Å². The fraction of sp³-hybridized carbons (Fsp3) is 0.0714. The normalized spacial score (nSPS) is 11.3. The molecule has 0 aromatic heterocycles. The van der Waals surface area contributed by atoms with Gasteiger partial charge in [-0.05, 0) is 42.5 Å². The monoisotopic (exact) mass is 377 g/mol. The van der Waals surface area contributed by atoms with Crippen LogP contribution in [0.5, 0.6) is 0 Å². The molecule has 21 heavy (non-hydrogen) atoms. The highest BCUT2D eigenvalue weighted by Crippen LogP contribution is 2.30. The Morgan fingerprint density at radius 2 is 1.71 bits per heavy atom. The molecule has 0 aliphatic carbocycles. The summed E-state index contributed by atoms with van der Waals surface area (Å²) in [5, 5.41) is 2.75. The second kappa shape index (κ2) is 6.07. The van der Waals surface area contributed by atoms with Gasteiger partial charge in [-0.25, -0.2) is 0 Å². The van der Waals surface area contributed by atoms with E-state index in [4.69, 9.17) is 11.6 Å². The highest BCUT2D eigenvalue weighted by atomic mass is 79.9. The zero-order chi connectivity index (χ0) is 15.6. The highest BCUT2D eigenvalue weighted by Gasteiger charge is 2.30. The van der Waals surface area contributed by atoms with Gasteiger partial charge in [-0.15, -0.1) is 0 Å². The van der Waals surface area contributed by atoms with Gasteiger partial charge in [0.1, 0.15) is 0 Å². The lowest BCUT2D eigenvalue weighted by Crippen LogP contribution is -2.13. The quantitative estimate of drug-likeness (QED) is 0.747. The fourth-order valence-corrected chi connectivity index (χ4v) is 2.18. The first-order valence-corrected chi connectivity index (χ1v) is 6.88. The van der Waals surface area contributed by atoms with Crippen LogP contribution in [0.25, 0.3) is 0 Å². The van der Waals surface area contributed by atoms with Crippen molar-refractivity contribution in [2.24, 2.45) is 0 Å². The third-order valence-electron chi connectivity index (χ3n) is 2.64. The number of anilines is 1. The number of benzene rings is 2. The average Bonchev–Trinajstić information content (AvgIpc) is 2.41. The zero-order valence-electron chi connectivity index (χ0n) is 10.3. The third kappa shape index (κ3) is 3.98. The molecule has 7 heteroatoms. The van der Waals surface area contributed by atoms with Gasteiger partial charge in [0.05, 0.1) is 16.1 Å². The van der Waals surface area contributed by atoms with E-state index >= 15 is 0 Å². The molecule has 0 fully saturated rings. The predicted molar refractivity (Wildman–Crippen MR) is 78.5 cm³/mol. The van der Waals surface area contributed by atoms with Gasteiger partial charge in [-0.2, -0.15) is 13.2 Å². The fourth-order valence-electron chi connectivity index (χ4n) is 1.61. The van der Waals surface area contributed by atoms with Gasteiger partial charge >= 0.3 is 6.18 Å². The van der Waals surface area contributed by atoms with E-state index < -0.39 is 17.6 Å². The van der Waals surface area contributed by atoms with Crippen LogP contribution in [0.3, 0.4) is 0 Å². The summed E-state index contributed by atoms with van der Waals surface area (Å²) in [5.74, 6) is -0.499. The van der Waals surface area contributed by atoms with Crippen molar-refractivity contribution in [1.29, 1.82) is 0 Å². The van der Waals surface area contributed by atoms with Crippen molar-refractivity contribution >= 4 is 39.1 Å². The number of halogens is 5. The van der Waals surface area contributed by atoms with E-state index in [2.05, 4.69) is 21.2 Å². The average molecular weight is 379 g/mol. The number of nitrogens with one attached hydrogen (secondary N) is 1. The van der Waals surface area contributed by atoms with Crippen molar-refractivity contribution in [3.63, 3.8) is 0 Å². The molecule has 0 spiro atoms. The summed E-state index contributed by atoms with van der Waals surface area (Å²) in [4.78, 5) is 12.0. The van der Waals surface area contributed by atoms with Gasteiger partial charge in [0.2, 0.25) is 0 Å². The van der Waals surface area contributed by atoms with Crippen LogP contribution in [0.15, 0.2) is 46.9 Å². The molecule has 2 nitrogen and oxygen atoms in total. The van der Waals surface area contributed by atoms with Crippen molar-refractivity contribution in [3.05, 3.63) is 63.1 Å². The van der Waals surface area contributed by atoms with Crippen LogP contribution in [0.2, 0.25) is 5.02 Å². The van der Waals surface area contributed by atoms with Gasteiger partial charge in [0.25, 0.3) is 5.91 Å². The van der Waals surface area contributed by atoms with Gasteiger partial charge in [-0.1, -0.05) is 27.5 Å². The summed E-state index contributed by atoms with van der Waals surface area (Å²) in [6.07, 6.45) is -4.41. The second-order valence-corrected chi connectivity index (χ2v) is 5.48. The van der Waals surface area contributed by atoms with E-state index in [9.17, 15) is 18.0 Å². The van der Waals surface area contributed by atoms with Crippen molar-refractivity contribution in [3.8, 4) is 0 Å². The minimum Gasteiger partial charge on any atom is -0.322 e. The summed E-state index contributed by atoms with van der Waals surface area (Å²) in [7, 11) is 0. The van der Waals surface area contributed by atoms with Crippen LogP contribution in [-0.4, -0.2) is 5.91 Å². The van der Waals surface area contributed by atoms with Crippen molar-refractivity contribution < 1.29 is 18.0 Å². The maximum absolute atomic E-state index is 12.4. The van der Waals surface area contributed by atoms with Crippen LogP contribution in [0.4, 0.5) is 18.9 Å². The Balaban J connectivity index is 2.18. The number of carbonyl (C=O) groups excluding carboxylic acids is 1. The lowest BCUT2D eigenvalue weighted by molar-refractivity contribution is -0.137. The molecular weight excluding hydrogens is 371 g/mol. The first-order chi connectivity index (χ1) is 9.77. The molecule has 1 amide bonds. The van der Waals surface area contributed by atoms with Gasteiger partial charge < -0.3 is 5.32 Å². The molecule has 2 rings (SSSR count). The molecule has 0 saturated carbocycles. The maximum Gasteiger partial charge on any atom is 0.416 e. The molecule has 0 unspecified atom stereocenters. The molecule has 0 saturated heterocycles. The van der Waals surface area contributed by atoms with E-state index in [1.165, 1.54) is 18.2 Å². The molecule has 2 aromatic rings. The lowest BCUT2D eigenvalue weighted by atomic mass is 10.1. The van der Waals surface area contributed by atoms with Crippen LogP contribution in [0, 0.1) is 0 Å². The Kier molecular flexibility index (Phi) is 4.58. The zero-order valence-corrected chi connectivity index (χ0v) is 12.7. The minimum absolute atomic E-state index is 0.228. The summed E-state index contributed by atoms with van der Waals surface area (Å²) >= 11 is 9.13. The molecule has 0 bridgehead atoms. The highest BCUT2D eigenvalue weighted by molar-refractivity contribution is 9.10. The van der Waals surface area contributed by atoms with Crippen molar-refractivity contribution in [2.45, 2.75) is 6.18 Å². The van der Waals surface area contributed by atoms with Crippen molar-refractivity contribution in [2.75, 3.05) is 5.32 Å². The molecule has 0 aliphatic heterocycles. The Hall–Kier alpha value is -1.53. The van der Waals surface area contributed by atoms with E-state index in [1.807, 2.05) is 0 Å². The van der Waals surface area contributed by atoms with Gasteiger partial charge in [0.15, 0.2) is 0 Å². The minimum atomic E-state index is -4.41. The van der Waals surface area contributed by atoms with E-state index in [-0.39, 0.29) is 16.3 Å². The Bertz CT molecular complexity index is 671. The topological polar surface area (TPSA) is 29.1 Å². The summed E-state index contributed by atoms with van der Waals surface area (Å²) < 4.78 is 38.0. The molecule has 110 valence electrons. The van der Waals surface area contributed by atoms with Crippen LogP contribution < -0.4 is 5.32 Å². The predicted octanol–water partition coefficient (Wildman–Crippen LogP) is 5.37. The largest absolute Gasteiger partial charge is 0.416 e. The number of amides is 1. The summed E-state index contributed by atoms with van der Waals surface area (Å²) in [6.45, 7) is 0. The number of alkyl halides is 3. The first-order valence-electron chi connectivity index (χ1n) is 5.71. The standard InChI is InChI=1S/C14H8BrClF3NO/c15-9-3-6-12(16)11(7-9)13(21)20-10-4-1-8(2-5-10)14(17,18)19/h1-7H,(H,20,21). The molecule has 0 atom stereocenters. The molecular formula is C14H8BrClF3NO. The van der Waals surface area contributed by atoms with Crippen molar-refractivity contribution in [1.82, 2.24) is 0 Å². The molecule has 2 aromatic carbocycles. The Labute approximate surface area is 132 Å². The summed E-state index contributed by atoms with van der Waals surface area (Å²) in [5.41, 5.74) is -0.295. The number of hydrogen-bond acceptors (Lipinski definition) is 1. The smallest absolute Gasteiger partial charge is 0.322 e. The van der Waals surface area contributed by atoms with E-state index in [0.29, 0.717) is 4.47 Å². The summed E-state index contributed by atoms with van der Waals surface area (Å²) in [6, 6.07) is 8.93. The van der Waals surface area contributed by atoms with E-state index in [0.717, 1.165) is 12.1 Å². The Morgan fingerprint density at radius 3 is 2.29 bits per heavy atom. The molecule has 0 heterocycles. The molecule has 0 radical (unpaired) electrons. The number of hydrogen-bond donors (Lipinski definition) is 1. The first kappa shape index (κ1) is 15.9. The molecule has 1 N–H and O–H groups in total. The van der Waals surface area contributed by atoms with E-state index in [1.54, 1.807) is 12.1 Å². The van der Waals surface area contributed by atoms with Crippen LogP contribution >= 0.6 is 27.5 Å². The second-order valence-electron chi connectivity index (χ2n) is 4.15. The number of carbonyl (C=O) groups is 1. The van der Waals surface area contributed by atoms with Crippen LogP contribution in [-0.2, 0) is 6.18 Å². The number of rotatable bonds is 2. The van der Waals surface area contributed by atoms with Gasteiger partial charge in [0, 0.05) is 10.2 Å². The maximum atomic E-state index is 12.4.